The van der Waals surface area contributed by atoms with Crippen molar-refractivity contribution in [1.82, 2.24) is 14.8 Å². The van der Waals surface area contributed by atoms with Gasteiger partial charge < -0.3 is 10.2 Å². The standard InChI is InChI=1S/C16H22N4O/c1-19-12-3-4-13(19)9-20(7-6-12)10-16-18-14-5-2-11(17)8-15(14)21-16/h2,5,8,12-13H,3-4,6-7,9-10,17H2,1H3. The minimum Gasteiger partial charge on any atom is -0.439 e. The minimum atomic E-state index is 0.692. The fourth-order valence-electron chi connectivity index (χ4n) is 3.77. The molecule has 2 aliphatic heterocycles. The predicted octanol–water partition coefficient (Wildman–Crippen LogP) is 2.08. The van der Waals surface area contributed by atoms with Crippen LogP contribution in [0.4, 0.5) is 5.69 Å². The van der Waals surface area contributed by atoms with E-state index in [-0.39, 0.29) is 0 Å². The number of nitrogens with two attached hydrogens (primary N) is 1. The van der Waals surface area contributed by atoms with E-state index in [9.17, 15) is 0 Å². The maximum absolute atomic E-state index is 5.85. The first-order valence-electron chi connectivity index (χ1n) is 7.78. The van der Waals surface area contributed by atoms with Crippen LogP contribution in [0.5, 0.6) is 0 Å². The zero-order valence-electron chi connectivity index (χ0n) is 12.5. The molecule has 2 fully saturated rings. The summed E-state index contributed by atoms with van der Waals surface area (Å²) in [5, 5.41) is 0. The highest BCUT2D eigenvalue weighted by Gasteiger charge is 2.34. The van der Waals surface area contributed by atoms with Gasteiger partial charge in [-0.15, -0.1) is 0 Å². The van der Waals surface area contributed by atoms with Gasteiger partial charge in [0.05, 0.1) is 6.54 Å². The molecule has 21 heavy (non-hydrogen) atoms. The van der Waals surface area contributed by atoms with E-state index in [1.807, 2.05) is 18.2 Å². The molecular formula is C16H22N4O. The van der Waals surface area contributed by atoms with Crippen LogP contribution in [0.15, 0.2) is 22.6 Å². The predicted molar refractivity (Wildman–Crippen MR) is 82.9 cm³/mol. The average molecular weight is 286 g/mol. The van der Waals surface area contributed by atoms with Crippen LogP contribution in [-0.2, 0) is 6.54 Å². The van der Waals surface area contributed by atoms with Gasteiger partial charge in [-0.2, -0.15) is 0 Å². The molecule has 3 heterocycles. The van der Waals surface area contributed by atoms with Crippen LogP contribution >= 0.6 is 0 Å². The molecule has 4 rings (SSSR count). The number of oxazole rings is 1. The number of rotatable bonds is 2. The smallest absolute Gasteiger partial charge is 0.209 e. The zero-order valence-corrected chi connectivity index (χ0v) is 12.5. The highest BCUT2D eigenvalue weighted by atomic mass is 16.3. The van der Waals surface area contributed by atoms with E-state index in [0.717, 1.165) is 48.4 Å². The fourth-order valence-corrected chi connectivity index (χ4v) is 3.77. The van der Waals surface area contributed by atoms with E-state index in [2.05, 4.69) is 21.8 Å². The Hall–Kier alpha value is -1.59. The van der Waals surface area contributed by atoms with Crippen molar-refractivity contribution in [3.63, 3.8) is 0 Å². The van der Waals surface area contributed by atoms with Crippen LogP contribution in [0.2, 0.25) is 0 Å². The third-order valence-electron chi connectivity index (χ3n) is 5.05. The lowest BCUT2D eigenvalue weighted by atomic mass is 10.1. The topological polar surface area (TPSA) is 58.5 Å². The molecule has 2 bridgehead atoms. The third-order valence-corrected chi connectivity index (χ3v) is 5.05. The van der Waals surface area contributed by atoms with Gasteiger partial charge in [0.25, 0.3) is 0 Å². The molecule has 0 amide bonds. The van der Waals surface area contributed by atoms with E-state index in [1.54, 1.807) is 0 Å². The highest BCUT2D eigenvalue weighted by Crippen LogP contribution is 2.29. The van der Waals surface area contributed by atoms with Gasteiger partial charge in [0.1, 0.15) is 5.52 Å². The first-order chi connectivity index (χ1) is 10.2. The molecule has 0 radical (unpaired) electrons. The molecule has 2 atom stereocenters. The summed E-state index contributed by atoms with van der Waals surface area (Å²) in [5.74, 6) is 0.802. The summed E-state index contributed by atoms with van der Waals surface area (Å²) in [4.78, 5) is 9.62. The van der Waals surface area contributed by atoms with Crippen LogP contribution in [0.3, 0.4) is 0 Å². The maximum Gasteiger partial charge on any atom is 0.209 e. The number of aromatic nitrogens is 1. The average Bonchev–Trinajstić information content (AvgIpc) is 2.93. The van der Waals surface area contributed by atoms with Crippen molar-refractivity contribution in [1.29, 1.82) is 0 Å². The van der Waals surface area contributed by atoms with Gasteiger partial charge in [-0.25, -0.2) is 4.98 Å². The van der Waals surface area contributed by atoms with Crippen LogP contribution in [0, 0.1) is 0 Å². The monoisotopic (exact) mass is 286 g/mol. The Morgan fingerprint density at radius 3 is 3.05 bits per heavy atom. The molecular weight excluding hydrogens is 264 g/mol. The Bertz CT molecular complexity index is 653. The number of nitrogen functional groups attached to an aromatic ring is 1. The number of anilines is 1. The second-order valence-corrected chi connectivity index (χ2v) is 6.41. The summed E-state index contributed by atoms with van der Waals surface area (Å²) in [6, 6.07) is 7.11. The number of hydrogen-bond acceptors (Lipinski definition) is 5. The van der Waals surface area contributed by atoms with Crippen LogP contribution in [0.1, 0.15) is 25.2 Å². The molecule has 5 nitrogen and oxygen atoms in total. The normalized spacial score (nSPS) is 27.3. The van der Waals surface area contributed by atoms with Crippen molar-refractivity contribution in [2.75, 3.05) is 25.9 Å². The number of likely N-dealkylation sites (tertiary alicyclic amines) is 1. The molecule has 2 unspecified atom stereocenters. The second kappa shape index (κ2) is 5.00. The Morgan fingerprint density at radius 2 is 2.14 bits per heavy atom. The molecule has 0 saturated carbocycles. The number of likely N-dealkylation sites (N-methyl/N-ethyl adjacent to an activating group) is 1. The summed E-state index contributed by atoms with van der Waals surface area (Å²) < 4.78 is 5.85. The Labute approximate surface area is 124 Å². The lowest BCUT2D eigenvalue weighted by molar-refractivity contribution is 0.203. The molecule has 1 aromatic heterocycles. The molecule has 0 aliphatic carbocycles. The largest absolute Gasteiger partial charge is 0.439 e. The van der Waals surface area contributed by atoms with Gasteiger partial charge in [0.2, 0.25) is 5.89 Å². The summed E-state index contributed by atoms with van der Waals surface area (Å²) in [7, 11) is 2.27. The van der Waals surface area contributed by atoms with E-state index in [0.29, 0.717) is 6.04 Å². The Balaban J connectivity index is 1.52. The molecule has 0 spiro atoms. The Morgan fingerprint density at radius 1 is 1.29 bits per heavy atom. The SMILES string of the molecule is CN1C2CCC1CN(Cc1nc3ccc(N)cc3o1)CC2. The molecule has 2 aliphatic rings. The van der Waals surface area contributed by atoms with Gasteiger partial charge in [0.15, 0.2) is 5.58 Å². The minimum absolute atomic E-state index is 0.692. The molecule has 1 aromatic carbocycles. The van der Waals surface area contributed by atoms with Gasteiger partial charge in [-0.05, 0) is 38.4 Å². The van der Waals surface area contributed by atoms with Gasteiger partial charge in [-0.1, -0.05) is 0 Å². The number of benzene rings is 1. The zero-order chi connectivity index (χ0) is 14.4. The quantitative estimate of drug-likeness (QED) is 0.857. The maximum atomic E-state index is 5.85. The number of hydrogen-bond donors (Lipinski definition) is 1. The lowest BCUT2D eigenvalue weighted by Crippen LogP contribution is -2.36. The van der Waals surface area contributed by atoms with Crippen molar-refractivity contribution in [2.45, 2.75) is 37.9 Å². The first-order valence-corrected chi connectivity index (χ1v) is 7.78. The van der Waals surface area contributed by atoms with E-state index in [4.69, 9.17) is 10.2 Å². The van der Waals surface area contributed by atoms with Crippen LogP contribution < -0.4 is 5.73 Å². The summed E-state index contributed by atoms with van der Waals surface area (Å²) >= 11 is 0. The molecule has 2 N–H and O–H groups in total. The van der Waals surface area contributed by atoms with Gasteiger partial charge in [0, 0.05) is 36.9 Å². The highest BCUT2D eigenvalue weighted by molar-refractivity contribution is 5.76. The van der Waals surface area contributed by atoms with Crippen molar-refractivity contribution in [3.05, 3.63) is 24.1 Å². The number of fused-ring (bicyclic) bond motifs is 3. The molecule has 112 valence electrons. The van der Waals surface area contributed by atoms with Crippen molar-refractivity contribution < 1.29 is 4.42 Å². The molecule has 2 saturated heterocycles. The van der Waals surface area contributed by atoms with Crippen molar-refractivity contribution in [2.24, 2.45) is 0 Å². The van der Waals surface area contributed by atoms with E-state index < -0.39 is 0 Å². The van der Waals surface area contributed by atoms with Gasteiger partial charge >= 0.3 is 0 Å². The number of nitrogens with zero attached hydrogens (tertiary/aromatic N) is 3. The van der Waals surface area contributed by atoms with Gasteiger partial charge in [-0.3, -0.25) is 9.80 Å². The fraction of sp³-hybridized carbons (Fsp3) is 0.562. The van der Waals surface area contributed by atoms with Crippen LogP contribution in [-0.4, -0.2) is 47.0 Å². The molecule has 2 aromatic rings. The third kappa shape index (κ3) is 2.40. The van der Waals surface area contributed by atoms with Crippen molar-refractivity contribution >= 4 is 16.8 Å². The summed E-state index contributed by atoms with van der Waals surface area (Å²) in [6.07, 6.45) is 3.93. The van der Waals surface area contributed by atoms with E-state index in [1.165, 1.54) is 19.3 Å². The lowest BCUT2D eigenvalue weighted by Gasteiger charge is -2.24. The summed E-state index contributed by atoms with van der Waals surface area (Å²) in [6.45, 7) is 3.05. The van der Waals surface area contributed by atoms with E-state index >= 15 is 0 Å². The first kappa shape index (κ1) is 13.1. The summed E-state index contributed by atoms with van der Waals surface area (Å²) in [5.41, 5.74) is 8.20. The molecule has 5 heteroatoms. The Kier molecular flexibility index (Phi) is 3.12. The van der Waals surface area contributed by atoms with Crippen molar-refractivity contribution in [3.8, 4) is 0 Å². The second-order valence-electron chi connectivity index (χ2n) is 6.41. The van der Waals surface area contributed by atoms with Crippen LogP contribution in [0.25, 0.3) is 11.1 Å².